The first-order valence-corrected chi connectivity index (χ1v) is 8.62. The van der Waals surface area contributed by atoms with E-state index in [0.717, 1.165) is 35.1 Å². The molecule has 2 aromatic rings. The Labute approximate surface area is 141 Å². The Kier molecular flexibility index (Phi) is 5.18. The molecule has 5 nitrogen and oxygen atoms in total. The smallest absolute Gasteiger partial charge is 0.287 e. The molecule has 0 saturated heterocycles. The Bertz CT molecular complexity index is 729. The van der Waals surface area contributed by atoms with Crippen molar-refractivity contribution in [3.63, 3.8) is 0 Å². The number of nitrogens with one attached hydrogen (secondary N) is 2. The molecule has 1 aliphatic rings. The summed E-state index contributed by atoms with van der Waals surface area (Å²) in [5, 5.41) is 3.76. The number of hydrogen-bond donors (Lipinski definition) is 2. The first-order chi connectivity index (χ1) is 11.7. The van der Waals surface area contributed by atoms with Crippen LogP contribution in [-0.2, 0) is 16.0 Å². The van der Waals surface area contributed by atoms with Gasteiger partial charge in [-0.2, -0.15) is 0 Å². The molecule has 1 heterocycles. The second-order valence-electron chi connectivity index (χ2n) is 6.54. The molecule has 1 fully saturated rings. The molecule has 0 atom stereocenters. The molecule has 0 spiro atoms. The van der Waals surface area contributed by atoms with E-state index in [1.54, 1.807) is 13.3 Å². The molecule has 0 unspecified atom stereocenters. The number of aromatic nitrogens is 1. The van der Waals surface area contributed by atoms with Crippen molar-refractivity contribution in [2.75, 3.05) is 13.7 Å². The Hall–Kier alpha value is -2.30. The van der Waals surface area contributed by atoms with Crippen LogP contribution in [0.1, 0.15) is 37.7 Å². The highest BCUT2D eigenvalue weighted by atomic mass is 16.5. The van der Waals surface area contributed by atoms with E-state index in [0.29, 0.717) is 12.5 Å². The highest BCUT2D eigenvalue weighted by Crippen LogP contribution is 2.24. The number of benzene rings is 1. The molecule has 1 aromatic carbocycles. The maximum Gasteiger partial charge on any atom is 0.287 e. The number of fused-ring (bicyclic) bond motifs is 1. The standard InChI is InChI=1S/C19H24N2O3/c1-24-15-7-8-16-14(12-20-17(16)10-15)9-18(22)19(23)21-11-13-5-3-2-4-6-13/h7-8,10,12-13,20H,2-6,9,11H2,1H3,(H,21,23). The molecule has 0 bridgehead atoms. The number of ether oxygens (including phenoxy) is 1. The average Bonchev–Trinajstić information content (AvgIpc) is 3.02. The minimum atomic E-state index is -0.469. The van der Waals surface area contributed by atoms with Gasteiger partial charge in [-0.25, -0.2) is 0 Å². The molecule has 0 aliphatic heterocycles. The van der Waals surface area contributed by atoms with Gasteiger partial charge in [0, 0.05) is 36.1 Å². The first kappa shape index (κ1) is 16.6. The molecule has 2 N–H and O–H groups in total. The zero-order valence-corrected chi connectivity index (χ0v) is 14.1. The van der Waals surface area contributed by atoms with Gasteiger partial charge in [-0.05, 0) is 36.5 Å². The van der Waals surface area contributed by atoms with Crippen molar-refractivity contribution in [1.29, 1.82) is 0 Å². The number of rotatable bonds is 6. The second kappa shape index (κ2) is 7.51. The number of Topliss-reactive ketones (excluding diaryl/α,β-unsaturated/α-hetero) is 1. The van der Waals surface area contributed by atoms with Crippen LogP contribution < -0.4 is 10.1 Å². The summed E-state index contributed by atoms with van der Waals surface area (Å²) >= 11 is 0. The molecular weight excluding hydrogens is 304 g/mol. The third-order valence-corrected chi connectivity index (χ3v) is 4.85. The van der Waals surface area contributed by atoms with Crippen LogP contribution in [0.25, 0.3) is 10.9 Å². The number of ketones is 1. The van der Waals surface area contributed by atoms with Crippen molar-refractivity contribution >= 4 is 22.6 Å². The van der Waals surface area contributed by atoms with Crippen LogP contribution >= 0.6 is 0 Å². The zero-order chi connectivity index (χ0) is 16.9. The van der Waals surface area contributed by atoms with Crippen LogP contribution in [0.4, 0.5) is 0 Å². The van der Waals surface area contributed by atoms with Gasteiger partial charge in [0.2, 0.25) is 5.78 Å². The van der Waals surface area contributed by atoms with Gasteiger partial charge in [0.15, 0.2) is 0 Å². The zero-order valence-electron chi connectivity index (χ0n) is 14.1. The fourth-order valence-electron chi connectivity index (χ4n) is 3.42. The maximum absolute atomic E-state index is 12.2. The van der Waals surface area contributed by atoms with E-state index in [2.05, 4.69) is 10.3 Å². The van der Waals surface area contributed by atoms with E-state index in [-0.39, 0.29) is 12.2 Å². The van der Waals surface area contributed by atoms with Crippen molar-refractivity contribution in [2.45, 2.75) is 38.5 Å². The number of H-pyrrole nitrogens is 1. The van der Waals surface area contributed by atoms with E-state index in [1.165, 1.54) is 19.3 Å². The lowest BCUT2D eigenvalue weighted by Gasteiger charge is -2.21. The first-order valence-electron chi connectivity index (χ1n) is 8.62. The molecule has 1 aliphatic carbocycles. The summed E-state index contributed by atoms with van der Waals surface area (Å²) in [5.74, 6) is 0.425. The minimum Gasteiger partial charge on any atom is -0.497 e. The number of carbonyl (C=O) groups is 2. The largest absolute Gasteiger partial charge is 0.497 e. The Morgan fingerprint density at radius 2 is 2.04 bits per heavy atom. The number of hydrogen-bond acceptors (Lipinski definition) is 3. The molecule has 1 amide bonds. The van der Waals surface area contributed by atoms with E-state index in [1.807, 2.05) is 18.2 Å². The maximum atomic E-state index is 12.2. The van der Waals surface area contributed by atoms with Crippen LogP contribution in [-0.4, -0.2) is 30.3 Å². The van der Waals surface area contributed by atoms with Crippen molar-refractivity contribution in [1.82, 2.24) is 10.3 Å². The Balaban J connectivity index is 1.58. The molecule has 5 heteroatoms. The van der Waals surface area contributed by atoms with Gasteiger partial charge < -0.3 is 15.0 Å². The second-order valence-corrected chi connectivity index (χ2v) is 6.54. The molecule has 1 aromatic heterocycles. The van der Waals surface area contributed by atoms with E-state index in [4.69, 9.17) is 4.74 Å². The lowest BCUT2D eigenvalue weighted by atomic mass is 9.89. The number of carbonyl (C=O) groups excluding carboxylic acids is 2. The van der Waals surface area contributed by atoms with E-state index in [9.17, 15) is 9.59 Å². The summed E-state index contributed by atoms with van der Waals surface area (Å²) in [6.07, 6.45) is 7.95. The SMILES string of the molecule is COc1ccc2c(CC(=O)C(=O)NCC3CCCCC3)c[nH]c2c1. The van der Waals surface area contributed by atoms with Crippen molar-refractivity contribution in [3.8, 4) is 5.75 Å². The van der Waals surface area contributed by atoms with Crippen molar-refractivity contribution in [2.24, 2.45) is 5.92 Å². The quantitative estimate of drug-likeness (QED) is 0.801. The van der Waals surface area contributed by atoms with Gasteiger partial charge in [-0.3, -0.25) is 9.59 Å². The normalized spacial score (nSPS) is 15.4. The summed E-state index contributed by atoms with van der Waals surface area (Å²) in [6.45, 7) is 0.621. The molecular formula is C19H24N2O3. The third kappa shape index (κ3) is 3.78. The van der Waals surface area contributed by atoms with Crippen molar-refractivity contribution in [3.05, 3.63) is 30.0 Å². The van der Waals surface area contributed by atoms with Crippen LogP contribution in [0.15, 0.2) is 24.4 Å². The predicted molar refractivity (Wildman–Crippen MR) is 93.1 cm³/mol. The highest BCUT2D eigenvalue weighted by Gasteiger charge is 2.19. The van der Waals surface area contributed by atoms with Gasteiger partial charge in [0.1, 0.15) is 5.75 Å². The topological polar surface area (TPSA) is 71.2 Å². The number of aromatic amines is 1. The van der Waals surface area contributed by atoms with Gasteiger partial charge >= 0.3 is 0 Å². The third-order valence-electron chi connectivity index (χ3n) is 4.85. The lowest BCUT2D eigenvalue weighted by Crippen LogP contribution is -2.36. The summed E-state index contributed by atoms with van der Waals surface area (Å²) in [7, 11) is 1.62. The Morgan fingerprint density at radius 3 is 2.79 bits per heavy atom. The summed E-state index contributed by atoms with van der Waals surface area (Å²) in [6, 6.07) is 5.65. The monoisotopic (exact) mass is 328 g/mol. The predicted octanol–water partition coefficient (Wildman–Crippen LogP) is 2.98. The fourth-order valence-corrected chi connectivity index (χ4v) is 3.42. The fraction of sp³-hybridized carbons (Fsp3) is 0.474. The summed E-state index contributed by atoms with van der Waals surface area (Å²) < 4.78 is 5.19. The van der Waals surface area contributed by atoms with Gasteiger partial charge in [0.25, 0.3) is 5.91 Å². The molecule has 24 heavy (non-hydrogen) atoms. The molecule has 3 rings (SSSR count). The number of amides is 1. The molecule has 1 saturated carbocycles. The van der Waals surface area contributed by atoms with Gasteiger partial charge in [-0.15, -0.1) is 0 Å². The van der Waals surface area contributed by atoms with Crippen LogP contribution in [0.5, 0.6) is 5.75 Å². The summed E-state index contributed by atoms with van der Waals surface area (Å²) in [5.41, 5.74) is 1.74. The highest BCUT2D eigenvalue weighted by molar-refractivity contribution is 6.36. The molecule has 0 radical (unpaired) electrons. The minimum absolute atomic E-state index is 0.114. The van der Waals surface area contributed by atoms with Crippen molar-refractivity contribution < 1.29 is 14.3 Å². The van der Waals surface area contributed by atoms with E-state index >= 15 is 0 Å². The lowest BCUT2D eigenvalue weighted by molar-refractivity contribution is -0.137. The van der Waals surface area contributed by atoms with Gasteiger partial charge in [0.05, 0.1) is 7.11 Å². The Morgan fingerprint density at radius 1 is 1.25 bits per heavy atom. The summed E-state index contributed by atoms with van der Waals surface area (Å²) in [4.78, 5) is 27.4. The van der Waals surface area contributed by atoms with E-state index < -0.39 is 5.91 Å². The average molecular weight is 328 g/mol. The number of methoxy groups -OCH3 is 1. The van der Waals surface area contributed by atoms with Crippen LogP contribution in [0.3, 0.4) is 0 Å². The van der Waals surface area contributed by atoms with Gasteiger partial charge in [-0.1, -0.05) is 19.3 Å². The van der Waals surface area contributed by atoms with Crippen LogP contribution in [0, 0.1) is 5.92 Å². The molecule has 128 valence electrons. The van der Waals surface area contributed by atoms with Crippen LogP contribution in [0.2, 0.25) is 0 Å².